The first kappa shape index (κ1) is 19.8. The number of amides is 2. The minimum absolute atomic E-state index is 0.0375. The number of thioether (sulfide) groups is 1. The van der Waals surface area contributed by atoms with Crippen LogP contribution in [0.3, 0.4) is 0 Å². The standard InChI is InChI=1S/C17H16ClN5O4S/c1-23-14(9-27-12-6-3-2-5-11(12)18)19-22-17(23)28-10-15(24)20-21-16(25)13-7-4-8-26-13/h2-8H,9-10H2,1H3,(H,20,24)(H,21,25). The molecule has 0 radical (unpaired) electrons. The minimum Gasteiger partial charge on any atom is -0.484 e. The fourth-order valence-corrected chi connectivity index (χ4v) is 2.98. The van der Waals surface area contributed by atoms with Gasteiger partial charge in [0.2, 0.25) is 5.91 Å². The van der Waals surface area contributed by atoms with Crippen LogP contribution >= 0.6 is 23.4 Å². The minimum atomic E-state index is -0.541. The van der Waals surface area contributed by atoms with Crippen molar-refractivity contribution in [3.63, 3.8) is 0 Å². The lowest BCUT2D eigenvalue weighted by Gasteiger charge is -2.08. The van der Waals surface area contributed by atoms with Gasteiger partial charge in [0.25, 0.3) is 0 Å². The van der Waals surface area contributed by atoms with Crippen LogP contribution < -0.4 is 15.6 Å². The van der Waals surface area contributed by atoms with E-state index in [1.54, 1.807) is 29.8 Å². The van der Waals surface area contributed by atoms with Crippen LogP contribution in [0, 0.1) is 0 Å². The summed E-state index contributed by atoms with van der Waals surface area (Å²) in [7, 11) is 1.77. The molecule has 0 saturated heterocycles. The summed E-state index contributed by atoms with van der Waals surface area (Å²) in [6.45, 7) is 0.180. The van der Waals surface area contributed by atoms with Crippen LogP contribution in [0.4, 0.5) is 0 Å². The highest BCUT2D eigenvalue weighted by Crippen LogP contribution is 2.24. The van der Waals surface area contributed by atoms with Gasteiger partial charge >= 0.3 is 5.91 Å². The zero-order valence-corrected chi connectivity index (χ0v) is 16.3. The topological polar surface area (TPSA) is 111 Å². The molecular weight excluding hydrogens is 406 g/mol. The van der Waals surface area contributed by atoms with Gasteiger partial charge in [-0.2, -0.15) is 0 Å². The molecule has 0 saturated carbocycles. The first-order chi connectivity index (χ1) is 13.5. The summed E-state index contributed by atoms with van der Waals surface area (Å²) in [5.41, 5.74) is 4.57. The summed E-state index contributed by atoms with van der Waals surface area (Å²) in [5, 5.41) is 9.14. The molecule has 9 nitrogen and oxygen atoms in total. The van der Waals surface area contributed by atoms with E-state index in [-0.39, 0.29) is 18.1 Å². The number of halogens is 1. The van der Waals surface area contributed by atoms with Crippen molar-refractivity contribution in [1.82, 2.24) is 25.6 Å². The Kier molecular flexibility index (Phi) is 6.56. The Balaban J connectivity index is 1.46. The second kappa shape index (κ2) is 9.29. The number of nitrogens with zero attached hydrogens (tertiary/aromatic N) is 3. The van der Waals surface area contributed by atoms with Crippen LogP contribution in [-0.4, -0.2) is 32.3 Å². The van der Waals surface area contributed by atoms with E-state index in [0.717, 1.165) is 0 Å². The van der Waals surface area contributed by atoms with Crippen LogP contribution in [0.5, 0.6) is 5.75 Å². The van der Waals surface area contributed by atoms with Crippen LogP contribution in [0.25, 0.3) is 0 Å². The Bertz CT molecular complexity index is 960. The summed E-state index contributed by atoms with van der Waals surface area (Å²) in [4.78, 5) is 23.6. The van der Waals surface area contributed by atoms with E-state index in [9.17, 15) is 9.59 Å². The molecule has 0 spiro atoms. The van der Waals surface area contributed by atoms with Gasteiger partial charge in [0, 0.05) is 7.05 Å². The van der Waals surface area contributed by atoms with Gasteiger partial charge in [-0.25, -0.2) is 0 Å². The molecule has 3 aromatic rings. The first-order valence-electron chi connectivity index (χ1n) is 8.05. The summed E-state index contributed by atoms with van der Waals surface area (Å²) in [6, 6.07) is 10.2. The highest BCUT2D eigenvalue weighted by molar-refractivity contribution is 7.99. The number of para-hydroxylation sites is 1. The molecule has 0 fully saturated rings. The Morgan fingerprint density at radius 2 is 2.04 bits per heavy atom. The number of benzene rings is 1. The molecule has 0 aliphatic carbocycles. The quantitative estimate of drug-likeness (QED) is 0.444. The lowest BCUT2D eigenvalue weighted by atomic mass is 10.3. The largest absolute Gasteiger partial charge is 0.484 e. The van der Waals surface area contributed by atoms with Crippen LogP contribution in [0.1, 0.15) is 16.4 Å². The number of aromatic nitrogens is 3. The molecule has 2 amide bonds. The van der Waals surface area contributed by atoms with Crippen LogP contribution in [0.2, 0.25) is 5.02 Å². The number of hydrogen-bond donors (Lipinski definition) is 2. The van der Waals surface area contributed by atoms with E-state index >= 15 is 0 Å². The van der Waals surface area contributed by atoms with Gasteiger partial charge in [-0.05, 0) is 24.3 Å². The number of furan rings is 1. The van der Waals surface area contributed by atoms with Gasteiger partial charge in [0.15, 0.2) is 16.7 Å². The van der Waals surface area contributed by atoms with Gasteiger partial charge in [-0.15, -0.1) is 10.2 Å². The number of carbonyl (C=O) groups is 2. The Morgan fingerprint density at radius 3 is 2.79 bits per heavy atom. The van der Waals surface area contributed by atoms with E-state index in [1.165, 1.54) is 24.1 Å². The average molecular weight is 422 g/mol. The molecule has 2 N–H and O–H groups in total. The van der Waals surface area contributed by atoms with Crippen molar-refractivity contribution in [2.24, 2.45) is 7.05 Å². The Labute approximate surface area is 169 Å². The maximum absolute atomic E-state index is 11.9. The van der Waals surface area contributed by atoms with Crippen molar-refractivity contribution >= 4 is 35.2 Å². The molecule has 146 valence electrons. The first-order valence-corrected chi connectivity index (χ1v) is 9.42. The van der Waals surface area contributed by atoms with Crippen molar-refractivity contribution < 1.29 is 18.7 Å². The van der Waals surface area contributed by atoms with E-state index < -0.39 is 11.8 Å². The third-order valence-corrected chi connectivity index (χ3v) is 4.84. The number of rotatable bonds is 7. The molecule has 0 unspecified atom stereocenters. The van der Waals surface area contributed by atoms with Crippen molar-refractivity contribution in [2.75, 3.05) is 5.75 Å². The number of nitrogens with one attached hydrogen (secondary N) is 2. The van der Waals surface area contributed by atoms with Crippen molar-refractivity contribution in [3.8, 4) is 5.75 Å². The van der Waals surface area contributed by atoms with Gasteiger partial charge in [-0.3, -0.25) is 20.4 Å². The lowest BCUT2D eigenvalue weighted by molar-refractivity contribution is -0.119. The molecule has 2 heterocycles. The summed E-state index contributed by atoms with van der Waals surface area (Å²) in [5.74, 6) is 0.324. The smallest absolute Gasteiger partial charge is 0.305 e. The van der Waals surface area contributed by atoms with Gasteiger partial charge < -0.3 is 13.7 Å². The number of hydrazine groups is 1. The number of ether oxygens (including phenoxy) is 1. The fraction of sp³-hybridized carbons (Fsp3) is 0.176. The molecule has 0 atom stereocenters. The summed E-state index contributed by atoms with van der Waals surface area (Å²) in [6.07, 6.45) is 1.37. The van der Waals surface area contributed by atoms with Crippen molar-refractivity contribution in [1.29, 1.82) is 0 Å². The molecule has 11 heteroatoms. The fourth-order valence-electron chi connectivity index (χ4n) is 2.06. The molecule has 2 aromatic heterocycles. The Hall–Kier alpha value is -2.98. The predicted octanol–water partition coefficient (Wildman–Crippen LogP) is 2.19. The zero-order chi connectivity index (χ0) is 19.9. The van der Waals surface area contributed by atoms with Gasteiger partial charge in [0.1, 0.15) is 12.4 Å². The van der Waals surface area contributed by atoms with Crippen molar-refractivity contribution in [3.05, 3.63) is 59.3 Å². The zero-order valence-electron chi connectivity index (χ0n) is 14.7. The molecule has 28 heavy (non-hydrogen) atoms. The monoisotopic (exact) mass is 421 g/mol. The summed E-state index contributed by atoms with van der Waals surface area (Å²) < 4.78 is 12.3. The van der Waals surface area contributed by atoms with Gasteiger partial charge in [-0.1, -0.05) is 35.5 Å². The average Bonchev–Trinajstić information content (AvgIpc) is 3.34. The molecule has 3 rings (SSSR count). The van der Waals surface area contributed by atoms with E-state index in [0.29, 0.717) is 21.8 Å². The molecule has 1 aromatic carbocycles. The highest BCUT2D eigenvalue weighted by Gasteiger charge is 2.14. The van der Waals surface area contributed by atoms with Gasteiger partial charge in [0.05, 0.1) is 17.0 Å². The normalized spacial score (nSPS) is 10.5. The predicted molar refractivity (Wildman–Crippen MR) is 102 cm³/mol. The van der Waals surface area contributed by atoms with Crippen LogP contribution in [-0.2, 0) is 18.4 Å². The number of carbonyl (C=O) groups excluding carboxylic acids is 2. The Morgan fingerprint density at radius 1 is 1.21 bits per heavy atom. The third-order valence-electron chi connectivity index (χ3n) is 3.51. The lowest BCUT2D eigenvalue weighted by Crippen LogP contribution is -2.42. The SMILES string of the molecule is Cn1c(COc2ccccc2Cl)nnc1SCC(=O)NNC(=O)c1ccco1. The van der Waals surface area contributed by atoms with Crippen LogP contribution in [0.15, 0.2) is 52.2 Å². The highest BCUT2D eigenvalue weighted by atomic mass is 35.5. The number of hydrogen-bond acceptors (Lipinski definition) is 7. The van der Waals surface area contributed by atoms with Crippen molar-refractivity contribution in [2.45, 2.75) is 11.8 Å². The van der Waals surface area contributed by atoms with E-state index in [4.69, 9.17) is 20.8 Å². The third kappa shape index (κ3) is 5.05. The molecule has 0 bridgehead atoms. The second-order valence-electron chi connectivity index (χ2n) is 5.45. The molecule has 0 aliphatic rings. The van der Waals surface area contributed by atoms with E-state index in [2.05, 4.69) is 21.0 Å². The second-order valence-corrected chi connectivity index (χ2v) is 6.79. The summed E-state index contributed by atoms with van der Waals surface area (Å²) >= 11 is 7.22. The maximum Gasteiger partial charge on any atom is 0.305 e. The molecule has 0 aliphatic heterocycles. The molecular formula is C17H16ClN5O4S. The van der Waals surface area contributed by atoms with E-state index in [1.807, 2.05) is 12.1 Å². The maximum atomic E-state index is 11.9.